The summed E-state index contributed by atoms with van der Waals surface area (Å²) in [6.45, 7) is 0.778. The van der Waals surface area contributed by atoms with Gasteiger partial charge in [-0.1, -0.05) is 12.1 Å². The molecule has 0 saturated heterocycles. The Kier molecular flexibility index (Phi) is 2.79. The third-order valence-corrected chi connectivity index (χ3v) is 3.45. The molecule has 14 heavy (non-hydrogen) atoms. The number of para-hydroxylation sites is 1. The largest absolute Gasteiger partial charge is 0.495 e. The lowest BCUT2D eigenvalue weighted by Gasteiger charge is -2.09. The van der Waals surface area contributed by atoms with Crippen molar-refractivity contribution >= 4 is 15.9 Å². The molecule has 2 atom stereocenters. The third kappa shape index (κ3) is 1.66. The van der Waals surface area contributed by atoms with Gasteiger partial charge >= 0.3 is 0 Å². The quantitative estimate of drug-likeness (QED) is 0.901. The summed E-state index contributed by atoms with van der Waals surface area (Å²) in [4.78, 5) is 0. The second-order valence-corrected chi connectivity index (χ2v) is 4.55. The molecule has 2 nitrogen and oxygen atoms in total. The van der Waals surface area contributed by atoms with Crippen molar-refractivity contribution in [1.82, 2.24) is 0 Å². The van der Waals surface area contributed by atoms with Crippen LogP contribution in [0.5, 0.6) is 5.75 Å². The summed E-state index contributed by atoms with van der Waals surface area (Å²) in [5, 5.41) is 0. The zero-order valence-electron chi connectivity index (χ0n) is 8.16. The molecule has 0 heterocycles. The predicted molar refractivity (Wildman–Crippen MR) is 60.6 cm³/mol. The Morgan fingerprint density at radius 2 is 2.36 bits per heavy atom. The second-order valence-electron chi connectivity index (χ2n) is 3.70. The third-order valence-electron chi connectivity index (χ3n) is 2.83. The van der Waals surface area contributed by atoms with E-state index in [2.05, 4.69) is 22.0 Å². The summed E-state index contributed by atoms with van der Waals surface area (Å²) in [6.07, 6.45) is 1.20. The molecule has 2 N–H and O–H groups in total. The number of hydrogen-bond donors (Lipinski definition) is 1. The van der Waals surface area contributed by atoms with Gasteiger partial charge in [-0.15, -0.1) is 0 Å². The molecule has 1 aromatic carbocycles. The average Bonchev–Trinajstić information content (AvgIpc) is 2.96. The van der Waals surface area contributed by atoms with Gasteiger partial charge in [-0.05, 0) is 52.4 Å². The minimum absolute atomic E-state index is 0.604. The lowest BCUT2D eigenvalue weighted by Crippen LogP contribution is -2.02. The molecule has 0 aliphatic heterocycles. The number of benzene rings is 1. The smallest absolute Gasteiger partial charge is 0.136 e. The van der Waals surface area contributed by atoms with E-state index in [4.69, 9.17) is 10.5 Å². The van der Waals surface area contributed by atoms with Gasteiger partial charge in [0.1, 0.15) is 5.75 Å². The van der Waals surface area contributed by atoms with Gasteiger partial charge in [-0.2, -0.15) is 0 Å². The van der Waals surface area contributed by atoms with Crippen molar-refractivity contribution in [2.45, 2.75) is 12.3 Å². The normalized spacial score (nSPS) is 24.8. The van der Waals surface area contributed by atoms with Crippen LogP contribution in [0.3, 0.4) is 0 Å². The van der Waals surface area contributed by atoms with Crippen LogP contribution in [0.1, 0.15) is 17.9 Å². The Bertz CT molecular complexity index is 340. The summed E-state index contributed by atoms with van der Waals surface area (Å²) in [5.41, 5.74) is 6.93. The molecule has 76 valence electrons. The molecule has 0 amide bonds. The van der Waals surface area contributed by atoms with Crippen molar-refractivity contribution in [2.24, 2.45) is 11.7 Å². The van der Waals surface area contributed by atoms with E-state index < -0.39 is 0 Å². The van der Waals surface area contributed by atoms with Crippen LogP contribution in [0.4, 0.5) is 0 Å². The Morgan fingerprint density at radius 3 is 2.93 bits per heavy atom. The highest BCUT2D eigenvalue weighted by Crippen LogP contribution is 2.50. The molecule has 1 aliphatic carbocycles. The first-order chi connectivity index (χ1) is 6.77. The van der Waals surface area contributed by atoms with E-state index in [1.165, 1.54) is 12.0 Å². The van der Waals surface area contributed by atoms with Crippen LogP contribution in [0, 0.1) is 5.92 Å². The lowest BCUT2D eigenvalue weighted by atomic mass is 10.1. The monoisotopic (exact) mass is 255 g/mol. The fourth-order valence-electron chi connectivity index (χ4n) is 1.92. The number of halogens is 1. The van der Waals surface area contributed by atoms with Crippen LogP contribution >= 0.6 is 15.9 Å². The van der Waals surface area contributed by atoms with Gasteiger partial charge in [-0.25, -0.2) is 0 Å². The van der Waals surface area contributed by atoms with Crippen molar-refractivity contribution in [1.29, 1.82) is 0 Å². The molecule has 0 radical (unpaired) electrons. The Morgan fingerprint density at radius 1 is 1.57 bits per heavy atom. The van der Waals surface area contributed by atoms with E-state index in [-0.39, 0.29) is 0 Å². The van der Waals surface area contributed by atoms with Gasteiger partial charge in [0.2, 0.25) is 0 Å². The van der Waals surface area contributed by atoms with Gasteiger partial charge in [-0.3, -0.25) is 0 Å². The summed E-state index contributed by atoms with van der Waals surface area (Å²) in [6, 6.07) is 6.18. The fourth-order valence-corrected chi connectivity index (χ4v) is 2.47. The van der Waals surface area contributed by atoms with Crippen LogP contribution < -0.4 is 10.5 Å². The van der Waals surface area contributed by atoms with Crippen molar-refractivity contribution in [2.75, 3.05) is 13.7 Å². The first kappa shape index (κ1) is 9.99. The van der Waals surface area contributed by atoms with E-state index >= 15 is 0 Å². The van der Waals surface area contributed by atoms with Gasteiger partial charge in [0, 0.05) is 0 Å². The maximum Gasteiger partial charge on any atom is 0.136 e. The number of nitrogens with two attached hydrogens (primary N) is 1. The first-order valence-electron chi connectivity index (χ1n) is 4.80. The SMILES string of the molecule is COc1c(Br)cccc1C1CC1CN. The molecule has 2 unspecified atom stereocenters. The van der Waals surface area contributed by atoms with Crippen LogP contribution in [-0.2, 0) is 0 Å². The molecule has 1 saturated carbocycles. The number of hydrogen-bond acceptors (Lipinski definition) is 2. The fraction of sp³-hybridized carbons (Fsp3) is 0.455. The van der Waals surface area contributed by atoms with E-state index in [9.17, 15) is 0 Å². The summed E-state index contributed by atoms with van der Waals surface area (Å²) in [5.74, 6) is 2.22. The number of rotatable bonds is 3. The Balaban J connectivity index is 2.29. The summed E-state index contributed by atoms with van der Waals surface area (Å²) in [7, 11) is 1.71. The Hall–Kier alpha value is -0.540. The standard InChI is InChI=1S/C11H14BrNO/c1-14-11-8(3-2-4-10(11)12)9-5-7(9)6-13/h2-4,7,9H,5-6,13H2,1H3. The molecule has 0 bridgehead atoms. The van der Waals surface area contributed by atoms with Crippen molar-refractivity contribution in [3.63, 3.8) is 0 Å². The minimum atomic E-state index is 0.604. The first-order valence-corrected chi connectivity index (χ1v) is 5.59. The van der Waals surface area contributed by atoms with Gasteiger partial charge in [0.25, 0.3) is 0 Å². The highest BCUT2D eigenvalue weighted by Gasteiger charge is 2.38. The molecule has 3 heteroatoms. The molecule has 1 aliphatic rings. The van der Waals surface area contributed by atoms with E-state index in [0.717, 1.165) is 16.8 Å². The summed E-state index contributed by atoms with van der Waals surface area (Å²) < 4.78 is 6.41. The van der Waals surface area contributed by atoms with Crippen molar-refractivity contribution in [3.05, 3.63) is 28.2 Å². The maximum atomic E-state index is 5.64. The molecule has 0 aromatic heterocycles. The van der Waals surface area contributed by atoms with Crippen LogP contribution in [0.25, 0.3) is 0 Å². The molecular formula is C11H14BrNO. The number of ether oxygens (including phenoxy) is 1. The van der Waals surface area contributed by atoms with E-state index in [0.29, 0.717) is 11.8 Å². The molecule has 0 spiro atoms. The van der Waals surface area contributed by atoms with E-state index in [1.54, 1.807) is 7.11 Å². The lowest BCUT2D eigenvalue weighted by molar-refractivity contribution is 0.406. The molecule has 1 fully saturated rings. The van der Waals surface area contributed by atoms with Gasteiger partial charge in [0.15, 0.2) is 0 Å². The second kappa shape index (κ2) is 3.91. The van der Waals surface area contributed by atoms with E-state index in [1.807, 2.05) is 12.1 Å². The minimum Gasteiger partial charge on any atom is -0.495 e. The summed E-state index contributed by atoms with van der Waals surface area (Å²) >= 11 is 3.49. The van der Waals surface area contributed by atoms with Crippen LogP contribution in [-0.4, -0.2) is 13.7 Å². The molecule has 2 rings (SSSR count). The predicted octanol–water partition coefficient (Wildman–Crippen LogP) is 2.52. The van der Waals surface area contributed by atoms with Gasteiger partial charge < -0.3 is 10.5 Å². The topological polar surface area (TPSA) is 35.2 Å². The zero-order chi connectivity index (χ0) is 10.1. The highest BCUT2D eigenvalue weighted by atomic mass is 79.9. The van der Waals surface area contributed by atoms with Crippen molar-refractivity contribution in [3.8, 4) is 5.75 Å². The van der Waals surface area contributed by atoms with Crippen LogP contribution in [0.15, 0.2) is 22.7 Å². The van der Waals surface area contributed by atoms with Crippen LogP contribution in [0.2, 0.25) is 0 Å². The average molecular weight is 256 g/mol. The molecular weight excluding hydrogens is 242 g/mol. The highest BCUT2D eigenvalue weighted by molar-refractivity contribution is 9.10. The Labute approximate surface area is 92.6 Å². The van der Waals surface area contributed by atoms with Gasteiger partial charge in [0.05, 0.1) is 11.6 Å². The molecule has 1 aromatic rings. The zero-order valence-corrected chi connectivity index (χ0v) is 9.75. The maximum absolute atomic E-state index is 5.64. The van der Waals surface area contributed by atoms with Crippen molar-refractivity contribution < 1.29 is 4.74 Å². The number of methoxy groups -OCH3 is 1.